The van der Waals surface area contributed by atoms with Gasteiger partial charge < -0.3 is 14.8 Å². The van der Waals surface area contributed by atoms with Crippen LogP contribution in [0.15, 0.2) is 42.5 Å². The number of para-hydroxylation sites is 2. The van der Waals surface area contributed by atoms with Gasteiger partial charge in [-0.2, -0.15) is 24.9 Å². The van der Waals surface area contributed by atoms with Crippen LogP contribution in [0, 0.1) is 0 Å². The number of hydrogen-bond donors (Lipinski definition) is 1. The number of carbonyl (C=O) groups is 1. The highest BCUT2D eigenvalue weighted by Crippen LogP contribution is 2.35. The number of alkyl halides is 3. The molecule has 1 heterocycles. The van der Waals surface area contributed by atoms with Gasteiger partial charge in [-0.1, -0.05) is 12.1 Å². The van der Waals surface area contributed by atoms with Gasteiger partial charge in [0, 0.05) is 14.1 Å². The third-order valence-electron chi connectivity index (χ3n) is 4.39. The van der Waals surface area contributed by atoms with Crippen molar-refractivity contribution in [1.29, 1.82) is 0 Å². The van der Waals surface area contributed by atoms with Crippen LogP contribution in [0.2, 0.25) is 0 Å². The average molecular weight is 422 g/mol. The van der Waals surface area contributed by atoms with Gasteiger partial charge in [-0.25, -0.2) is 4.98 Å². The number of halogens is 3. The van der Waals surface area contributed by atoms with Gasteiger partial charge in [-0.3, -0.25) is 4.79 Å². The second kappa shape index (κ2) is 8.36. The van der Waals surface area contributed by atoms with Crippen LogP contribution in [-0.2, 0) is 23.3 Å². The molecule has 1 aromatic heterocycles. The first-order valence-corrected chi connectivity index (χ1v) is 10.2. The second-order valence-corrected chi connectivity index (χ2v) is 7.57. The lowest BCUT2D eigenvalue weighted by atomic mass is 10.1. The molecule has 5 nitrogen and oxygen atoms in total. The van der Waals surface area contributed by atoms with Crippen LogP contribution >= 0.6 is 11.8 Å². The second-order valence-electron chi connectivity index (χ2n) is 6.71. The van der Waals surface area contributed by atoms with Crippen molar-refractivity contribution in [2.24, 2.45) is 0 Å². The molecular formula is C20H21F3N4OS. The molecule has 0 atom stereocenters. The van der Waals surface area contributed by atoms with E-state index in [4.69, 9.17) is 0 Å². The number of anilines is 2. The standard InChI is InChI=1S/C20H21F3N4OS/c1-26(2)16-9-8-13(20(21,22)23)10-15(16)25-19(28)11-27-17-7-5-4-6-14(17)24-18(27)12-29-3/h4-10H,11-12H2,1-3H3,(H,25,28). The highest BCUT2D eigenvalue weighted by molar-refractivity contribution is 7.97. The van der Waals surface area contributed by atoms with E-state index in [-0.39, 0.29) is 12.2 Å². The van der Waals surface area contributed by atoms with Crippen molar-refractivity contribution in [3.05, 3.63) is 53.9 Å². The molecule has 0 bridgehead atoms. The topological polar surface area (TPSA) is 50.2 Å². The predicted octanol–water partition coefficient (Wildman–Crippen LogP) is 4.62. The van der Waals surface area contributed by atoms with Gasteiger partial charge in [-0.15, -0.1) is 0 Å². The van der Waals surface area contributed by atoms with E-state index >= 15 is 0 Å². The Labute approximate surface area is 170 Å². The Morgan fingerprint density at radius 2 is 1.93 bits per heavy atom. The van der Waals surface area contributed by atoms with Crippen LogP contribution < -0.4 is 10.2 Å². The number of hydrogen-bond acceptors (Lipinski definition) is 4. The highest BCUT2D eigenvalue weighted by atomic mass is 32.2. The van der Waals surface area contributed by atoms with Crippen molar-refractivity contribution in [3.8, 4) is 0 Å². The van der Waals surface area contributed by atoms with Crippen LogP contribution in [-0.4, -0.2) is 35.8 Å². The Morgan fingerprint density at radius 3 is 2.59 bits per heavy atom. The van der Waals surface area contributed by atoms with Crippen LogP contribution in [0.1, 0.15) is 11.4 Å². The number of fused-ring (bicyclic) bond motifs is 1. The van der Waals surface area contributed by atoms with Crippen molar-refractivity contribution in [2.45, 2.75) is 18.5 Å². The summed E-state index contributed by atoms with van der Waals surface area (Å²) in [5.74, 6) is 0.942. The SMILES string of the molecule is CSCc1nc2ccccc2n1CC(=O)Nc1cc(C(F)(F)F)ccc1N(C)C. The van der Waals surface area contributed by atoms with Crippen LogP contribution in [0.4, 0.5) is 24.5 Å². The van der Waals surface area contributed by atoms with E-state index in [9.17, 15) is 18.0 Å². The summed E-state index contributed by atoms with van der Waals surface area (Å²) in [6.07, 6.45) is -2.55. The quantitative estimate of drug-likeness (QED) is 0.630. The molecule has 0 saturated carbocycles. The zero-order chi connectivity index (χ0) is 21.2. The molecule has 0 saturated heterocycles. The summed E-state index contributed by atoms with van der Waals surface area (Å²) < 4.78 is 41.1. The Morgan fingerprint density at radius 1 is 1.21 bits per heavy atom. The molecule has 0 aliphatic carbocycles. The fraction of sp³-hybridized carbons (Fsp3) is 0.300. The molecular weight excluding hydrogens is 401 g/mol. The molecule has 0 radical (unpaired) electrons. The number of nitrogens with one attached hydrogen (secondary N) is 1. The lowest BCUT2D eigenvalue weighted by Gasteiger charge is -2.20. The number of imidazole rings is 1. The highest BCUT2D eigenvalue weighted by Gasteiger charge is 2.31. The number of benzene rings is 2. The Kier molecular flexibility index (Phi) is 6.07. The minimum atomic E-state index is -4.49. The number of aromatic nitrogens is 2. The van der Waals surface area contributed by atoms with E-state index in [1.54, 1.807) is 35.3 Å². The van der Waals surface area contributed by atoms with E-state index in [1.165, 1.54) is 6.07 Å². The molecule has 154 valence electrons. The molecule has 0 unspecified atom stereocenters. The number of rotatable bonds is 6. The van der Waals surface area contributed by atoms with Crippen LogP contribution in [0.25, 0.3) is 11.0 Å². The molecule has 1 N–H and O–H groups in total. The zero-order valence-corrected chi connectivity index (χ0v) is 17.1. The van der Waals surface area contributed by atoms with Crippen LogP contribution in [0.3, 0.4) is 0 Å². The van der Waals surface area contributed by atoms with E-state index in [0.717, 1.165) is 29.0 Å². The van der Waals surface area contributed by atoms with Gasteiger partial charge >= 0.3 is 6.18 Å². The summed E-state index contributed by atoms with van der Waals surface area (Å²) in [4.78, 5) is 19.0. The summed E-state index contributed by atoms with van der Waals surface area (Å²) in [6, 6.07) is 10.8. The van der Waals surface area contributed by atoms with Gasteiger partial charge in [0.15, 0.2) is 0 Å². The minimum absolute atomic E-state index is 0.0421. The van der Waals surface area contributed by atoms with Gasteiger partial charge in [0.1, 0.15) is 12.4 Å². The first-order chi connectivity index (χ1) is 13.7. The normalized spacial score (nSPS) is 11.7. The maximum Gasteiger partial charge on any atom is 0.416 e. The molecule has 0 aliphatic rings. The first kappa shape index (κ1) is 21.0. The maximum absolute atomic E-state index is 13.1. The Bertz CT molecular complexity index is 1030. The van der Waals surface area contributed by atoms with Gasteiger partial charge in [0.05, 0.1) is 33.7 Å². The lowest BCUT2D eigenvalue weighted by molar-refractivity contribution is -0.137. The molecule has 1 amide bonds. The molecule has 0 fully saturated rings. The van der Waals surface area contributed by atoms with Crippen molar-refractivity contribution in [1.82, 2.24) is 9.55 Å². The molecule has 3 aromatic rings. The first-order valence-electron chi connectivity index (χ1n) is 8.82. The molecule has 9 heteroatoms. The molecule has 0 aliphatic heterocycles. The molecule has 3 rings (SSSR count). The fourth-order valence-electron chi connectivity index (χ4n) is 3.08. The third kappa shape index (κ3) is 4.67. The van der Waals surface area contributed by atoms with Crippen molar-refractivity contribution in [3.63, 3.8) is 0 Å². The molecule has 2 aromatic carbocycles. The van der Waals surface area contributed by atoms with E-state index in [0.29, 0.717) is 11.4 Å². The Balaban J connectivity index is 1.92. The van der Waals surface area contributed by atoms with E-state index in [1.807, 2.05) is 30.5 Å². The predicted molar refractivity (Wildman–Crippen MR) is 111 cm³/mol. The average Bonchev–Trinajstić information content (AvgIpc) is 2.98. The van der Waals surface area contributed by atoms with Gasteiger partial charge in [0.25, 0.3) is 0 Å². The monoisotopic (exact) mass is 422 g/mol. The third-order valence-corrected chi connectivity index (χ3v) is 4.94. The van der Waals surface area contributed by atoms with E-state index < -0.39 is 17.6 Å². The molecule has 29 heavy (non-hydrogen) atoms. The number of amides is 1. The van der Waals surface area contributed by atoms with Crippen molar-refractivity contribution < 1.29 is 18.0 Å². The van der Waals surface area contributed by atoms with Crippen molar-refractivity contribution in [2.75, 3.05) is 30.6 Å². The summed E-state index contributed by atoms with van der Waals surface area (Å²) in [5, 5.41) is 2.64. The summed E-state index contributed by atoms with van der Waals surface area (Å²) >= 11 is 1.58. The smallest absolute Gasteiger partial charge is 0.376 e. The number of nitrogens with zero attached hydrogens (tertiary/aromatic N) is 3. The number of carbonyl (C=O) groups excluding carboxylic acids is 1. The summed E-state index contributed by atoms with van der Waals surface area (Å²) in [6.45, 7) is -0.0421. The largest absolute Gasteiger partial charge is 0.416 e. The minimum Gasteiger partial charge on any atom is -0.376 e. The van der Waals surface area contributed by atoms with Crippen molar-refractivity contribution >= 4 is 40.1 Å². The van der Waals surface area contributed by atoms with Crippen LogP contribution in [0.5, 0.6) is 0 Å². The maximum atomic E-state index is 13.1. The summed E-state index contributed by atoms with van der Waals surface area (Å²) in [7, 11) is 3.41. The Hall–Kier alpha value is -2.68. The van der Waals surface area contributed by atoms with Gasteiger partial charge in [-0.05, 0) is 36.6 Å². The number of thioether (sulfide) groups is 1. The molecule has 0 spiro atoms. The van der Waals surface area contributed by atoms with E-state index in [2.05, 4.69) is 10.3 Å². The van der Waals surface area contributed by atoms with Gasteiger partial charge in [0.2, 0.25) is 5.91 Å². The summed E-state index contributed by atoms with van der Waals surface area (Å²) in [5.41, 5.74) is 1.38. The zero-order valence-electron chi connectivity index (χ0n) is 16.2. The lowest BCUT2D eigenvalue weighted by Crippen LogP contribution is -2.22. The fourth-order valence-corrected chi connectivity index (χ4v) is 3.56.